The van der Waals surface area contributed by atoms with Crippen molar-refractivity contribution in [3.8, 4) is 5.75 Å². The number of phenols is 1. The summed E-state index contributed by atoms with van der Waals surface area (Å²) in [6.07, 6.45) is 0.899. The molecule has 0 aliphatic carbocycles. The van der Waals surface area contributed by atoms with Gasteiger partial charge in [-0.2, -0.15) is 0 Å². The number of benzene rings is 2. The minimum Gasteiger partial charge on any atom is -0.507 e. The molecule has 0 saturated heterocycles. The summed E-state index contributed by atoms with van der Waals surface area (Å²) in [4.78, 5) is 0. The van der Waals surface area contributed by atoms with Gasteiger partial charge in [0.1, 0.15) is 5.75 Å². The molecule has 2 aromatic carbocycles. The van der Waals surface area contributed by atoms with E-state index in [9.17, 15) is 5.11 Å². The molecule has 3 nitrogen and oxygen atoms in total. The van der Waals surface area contributed by atoms with E-state index in [1.807, 2.05) is 24.3 Å². The largest absolute Gasteiger partial charge is 0.507 e. The Morgan fingerprint density at radius 2 is 2.00 bits per heavy atom. The smallest absolute Gasteiger partial charge is 0.129 e. The average molecular weight is 249 g/mol. The number of halogens is 1. The monoisotopic (exact) mass is 248 g/mol. The van der Waals surface area contributed by atoms with Gasteiger partial charge in [-0.05, 0) is 17.4 Å². The van der Waals surface area contributed by atoms with Gasteiger partial charge in [0.2, 0.25) is 0 Å². The zero-order valence-electron chi connectivity index (χ0n) is 9.28. The van der Waals surface area contributed by atoms with Gasteiger partial charge < -0.3 is 10.1 Å². The van der Waals surface area contributed by atoms with Crippen LogP contribution in [0.1, 0.15) is 11.1 Å². The van der Waals surface area contributed by atoms with Crippen molar-refractivity contribution in [2.24, 2.45) is 5.84 Å². The van der Waals surface area contributed by atoms with Gasteiger partial charge in [-0.15, -0.1) is 11.6 Å². The molecule has 4 heteroatoms. The normalized spacial score (nSPS) is 14.4. The predicted octanol–water partition coefficient (Wildman–Crippen LogP) is 2.52. The van der Waals surface area contributed by atoms with Crippen molar-refractivity contribution in [3.63, 3.8) is 0 Å². The molecule has 0 spiro atoms. The fraction of sp³-hybridized carbons (Fsp3) is 0.231. The second-order valence-electron chi connectivity index (χ2n) is 4.28. The molecule has 0 saturated carbocycles. The van der Waals surface area contributed by atoms with Crippen LogP contribution in [-0.2, 0) is 12.3 Å². The molecule has 1 heterocycles. The summed E-state index contributed by atoms with van der Waals surface area (Å²) < 4.78 is 0. The van der Waals surface area contributed by atoms with E-state index >= 15 is 0 Å². The van der Waals surface area contributed by atoms with E-state index in [1.54, 1.807) is 5.01 Å². The summed E-state index contributed by atoms with van der Waals surface area (Å²) in [5, 5.41) is 13.9. The fourth-order valence-electron chi connectivity index (χ4n) is 2.61. The van der Waals surface area contributed by atoms with Crippen molar-refractivity contribution in [3.05, 3.63) is 35.4 Å². The molecule has 0 unspecified atom stereocenters. The molecule has 1 aliphatic heterocycles. The topological polar surface area (TPSA) is 49.5 Å². The van der Waals surface area contributed by atoms with E-state index in [-0.39, 0.29) is 11.6 Å². The third-order valence-electron chi connectivity index (χ3n) is 3.39. The Morgan fingerprint density at radius 1 is 1.29 bits per heavy atom. The van der Waals surface area contributed by atoms with E-state index in [0.29, 0.717) is 0 Å². The van der Waals surface area contributed by atoms with Gasteiger partial charge in [-0.25, -0.2) is 5.84 Å². The number of fused-ring (bicyclic) bond motifs is 3. The highest BCUT2D eigenvalue weighted by Gasteiger charge is 2.25. The van der Waals surface area contributed by atoms with Crippen LogP contribution in [0.25, 0.3) is 10.8 Å². The Morgan fingerprint density at radius 3 is 2.71 bits per heavy atom. The number of alkyl halides is 1. The van der Waals surface area contributed by atoms with Crippen molar-refractivity contribution in [2.45, 2.75) is 12.3 Å². The highest BCUT2D eigenvalue weighted by Crippen LogP contribution is 2.43. The zero-order chi connectivity index (χ0) is 12.0. The SMILES string of the molecule is NN1CCc2c1c(CCl)c(O)c1ccccc21. The van der Waals surface area contributed by atoms with Crippen molar-refractivity contribution in [1.29, 1.82) is 0 Å². The Hall–Kier alpha value is -1.45. The van der Waals surface area contributed by atoms with Gasteiger partial charge in [0.25, 0.3) is 0 Å². The Bertz CT molecular complexity index is 597. The maximum absolute atomic E-state index is 10.3. The van der Waals surface area contributed by atoms with Crippen LogP contribution < -0.4 is 10.9 Å². The first-order valence-electron chi connectivity index (χ1n) is 5.57. The van der Waals surface area contributed by atoms with Crippen LogP contribution in [0.4, 0.5) is 5.69 Å². The van der Waals surface area contributed by atoms with E-state index in [0.717, 1.165) is 35.0 Å². The molecule has 0 atom stereocenters. The van der Waals surface area contributed by atoms with Crippen LogP contribution in [-0.4, -0.2) is 11.7 Å². The fourth-order valence-corrected chi connectivity index (χ4v) is 2.86. The summed E-state index contributed by atoms with van der Waals surface area (Å²) >= 11 is 5.94. The van der Waals surface area contributed by atoms with Gasteiger partial charge in [0, 0.05) is 17.5 Å². The molecule has 1 aliphatic rings. The van der Waals surface area contributed by atoms with E-state index in [4.69, 9.17) is 17.4 Å². The summed E-state index contributed by atoms with van der Waals surface area (Å²) in [7, 11) is 0. The number of hydrogen-bond donors (Lipinski definition) is 2. The van der Waals surface area contributed by atoms with E-state index in [1.165, 1.54) is 5.56 Å². The maximum atomic E-state index is 10.3. The number of hydrazine groups is 1. The number of nitrogens with zero attached hydrogens (tertiary/aromatic N) is 1. The molecule has 17 heavy (non-hydrogen) atoms. The number of hydrogen-bond acceptors (Lipinski definition) is 3. The third-order valence-corrected chi connectivity index (χ3v) is 3.66. The maximum Gasteiger partial charge on any atom is 0.129 e. The number of nitrogens with two attached hydrogens (primary N) is 1. The van der Waals surface area contributed by atoms with Crippen molar-refractivity contribution < 1.29 is 5.11 Å². The summed E-state index contributed by atoms with van der Waals surface area (Å²) in [5.74, 6) is 6.47. The van der Waals surface area contributed by atoms with Crippen LogP contribution >= 0.6 is 11.6 Å². The average Bonchev–Trinajstić information content (AvgIpc) is 2.73. The van der Waals surface area contributed by atoms with Crippen LogP contribution in [0.15, 0.2) is 24.3 Å². The summed E-state index contributed by atoms with van der Waals surface area (Å²) in [5.41, 5.74) is 2.83. The highest BCUT2D eigenvalue weighted by molar-refractivity contribution is 6.18. The lowest BCUT2D eigenvalue weighted by atomic mass is 9.97. The van der Waals surface area contributed by atoms with Gasteiger partial charge in [0.05, 0.1) is 11.6 Å². The third kappa shape index (κ3) is 1.39. The molecule has 88 valence electrons. The Balaban J connectivity index is 2.47. The first-order valence-corrected chi connectivity index (χ1v) is 6.11. The zero-order valence-corrected chi connectivity index (χ0v) is 10.0. The van der Waals surface area contributed by atoms with Crippen molar-refractivity contribution >= 4 is 28.1 Å². The standard InChI is InChI=1S/C13H13ClN2O/c14-7-11-12-9(5-6-16(12)15)8-3-1-2-4-10(8)13(11)17/h1-4,17H,5-7,15H2. The van der Waals surface area contributed by atoms with Crippen molar-refractivity contribution in [2.75, 3.05) is 11.6 Å². The highest BCUT2D eigenvalue weighted by atomic mass is 35.5. The van der Waals surface area contributed by atoms with Crippen LogP contribution in [0.5, 0.6) is 5.75 Å². The first kappa shape index (κ1) is 10.7. The number of phenolic OH excluding ortho intramolecular Hbond substituents is 1. The second kappa shape index (κ2) is 3.79. The molecule has 3 N–H and O–H groups in total. The number of rotatable bonds is 1. The quantitative estimate of drug-likeness (QED) is 0.602. The minimum atomic E-state index is 0.256. The molecule has 0 amide bonds. The van der Waals surface area contributed by atoms with Crippen LogP contribution in [0.2, 0.25) is 0 Å². The summed E-state index contributed by atoms with van der Waals surface area (Å²) in [6.45, 7) is 0.771. The van der Waals surface area contributed by atoms with Gasteiger partial charge >= 0.3 is 0 Å². The van der Waals surface area contributed by atoms with Crippen molar-refractivity contribution in [1.82, 2.24) is 0 Å². The van der Waals surface area contributed by atoms with E-state index in [2.05, 4.69) is 0 Å². The Kier molecular flexibility index (Phi) is 2.38. The lowest BCUT2D eigenvalue weighted by Gasteiger charge is -2.18. The molecule has 0 fully saturated rings. The Labute approximate surface area is 104 Å². The predicted molar refractivity (Wildman–Crippen MR) is 70.4 cm³/mol. The second-order valence-corrected chi connectivity index (χ2v) is 4.54. The molecular formula is C13H13ClN2O. The minimum absolute atomic E-state index is 0.256. The van der Waals surface area contributed by atoms with E-state index < -0.39 is 0 Å². The number of aromatic hydroxyl groups is 1. The van der Waals surface area contributed by atoms with Crippen LogP contribution in [0, 0.1) is 0 Å². The van der Waals surface area contributed by atoms with Gasteiger partial charge in [-0.1, -0.05) is 24.3 Å². The summed E-state index contributed by atoms with van der Waals surface area (Å²) in [6, 6.07) is 7.83. The molecule has 0 bridgehead atoms. The molecule has 0 radical (unpaired) electrons. The molecular weight excluding hydrogens is 236 g/mol. The first-order chi connectivity index (χ1) is 8.24. The molecule has 2 aromatic rings. The lowest BCUT2D eigenvalue weighted by molar-refractivity contribution is 0.477. The number of anilines is 1. The van der Waals surface area contributed by atoms with Gasteiger partial charge in [-0.3, -0.25) is 0 Å². The van der Waals surface area contributed by atoms with Crippen LogP contribution in [0.3, 0.4) is 0 Å². The molecule has 3 rings (SSSR count). The van der Waals surface area contributed by atoms with Gasteiger partial charge in [0.15, 0.2) is 0 Å². The molecule has 0 aromatic heterocycles. The lowest BCUT2D eigenvalue weighted by Crippen LogP contribution is -2.28.